The minimum absolute atomic E-state index is 0.145. The molecule has 0 bridgehead atoms. The summed E-state index contributed by atoms with van der Waals surface area (Å²) in [5.41, 5.74) is -0.894. The standard InChI is InChI=1S/C14H21N3OS/c1-4-6-14(10-15,7-5-2)13(18)17-11(3)12-16-8-9-19-12/h8-9,11H,4-7H2,1-3H3,(H,17,18). The molecule has 4 nitrogen and oxygen atoms in total. The smallest absolute Gasteiger partial charge is 0.241 e. The lowest BCUT2D eigenvalue weighted by molar-refractivity contribution is -0.129. The molecule has 104 valence electrons. The Balaban J connectivity index is 2.80. The van der Waals surface area contributed by atoms with Crippen LogP contribution in [-0.2, 0) is 4.79 Å². The normalized spacial score (nSPS) is 12.7. The number of hydrogen-bond donors (Lipinski definition) is 1. The maximum Gasteiger partial charge on any atom is 0.241 e. The van der Waals surface area contributed by atoms with E-state index in [4.69, 9.17) is 0 Å². The van der Waals surface area contributed by atoms with Crippen LogP contribution in [0.1, 0.15) is 57.5 Å². The van der Waals surface area contributed by atoms with Crippen molar-refractivity contribution in [3.05, 3.63) is 16.6 Å². The molecule has 0 saturated heterocycles. The molecule has 1 amide bonds. The lowest BCUT2D eigenvalue weighted by Gasteiger charge is -2.26. The molecule has 0 spiro atoms. The molecule has 0 fully saturated rings. The number of nitrogens with one attached hydrogen (secondary N) is 1. The molecule has 1 aromatic rings. The molecule has 1 unspecified atom stereocenters. The Morgan fingerprint density at radius 1 is 1.53 bits per heavy atom. The molecule has 1 N–H and O–H groups in total. The van der Waals surface area contributed by atoms with E-state index in [0.29, 0.717) is 12.8 Å². The minimum Gasteiger partial charge on any atom is -0.346 e. The fourth-order valence-corrected chi connectivity index (χ4v) is 2.86. The van der Waals surface area contributed by atoms with Crippen molar-refractivity contribution in [1.29, 1.82) is 5.26 Å². The highest BCUT2D eigenvalue weighted by molar-refractivity contribution is 7.09. The molecule has 0 aromatic carbocycles. The fraction of sp³-hybridized carbons (Fsp3) is 0.643. The molecule has 1 atom stereocenters. The van der Waals surface area contributed by atoms with E-state index in [0.717, 1.165) is 17.8 Å². The SMILES string of the molecule is CCCC(C#N)(CCC)C(=O)NC(C)c1nccs1. The maximum atomic E-state index is 12.4. The summed E-state index contributed by atoms with van der Waals surface area (Å²) in [6, 6.07) is 2.09. The number of rotatable bonds is 7. The Morgan fingerprint density at radius 2 is 2.16 bits per heavy atom. The first-order valence-electron chi connectivity index (χ1n) is 6.71. The topological polar surface area (TPSA) is 65.8 Å². The van der Waals surface area contributed by atoms with Gasteiger partial charge in [-0.15, -0.1) is 11.3 Å². The predicted octanol–water partition coefficient (Wildman–Crippen LogP) is 3.43. The quantitative estimate of drug-likeness (QED) is 0.831. The molecular weight excluding hydrogens is 258 g/mol. The van der Waals surface area contributed by atoms with Crippen LogP contribution in [0.25, 0.3) is 0 Å². The van der Waals surface area contributed by atoms with Gasteiger partial charge in [-0.3, -0.25) is 4.79 Å². The van der Waals surface area contributed by atoms with E-state index in [1.807, 2.05) is 26.2 Å². The van der Waals surface area contributed by atoms with Gasteiger partial charge in [-0.05, 0) is 19.8 Å². The van der Waals surface area contributed by atoms with E-state index in [1.54, 1.807) is 6.20 Å². The van der Waals surface area contributed by atoms with Gasteiger partial charge < -0.3 is 5.32 Å². The molecule has 0 radical (unpaired) electrons. The predicted molar refractivity (Wildman–Crippen MR) is 76.5 cm³/mol. The van der Waals surface area contributed by atoms with E-state index in [1.165, 1.54) is 11.3 Å². The molecule has 1 rings (SSSR count). The van der Waals surface area contributed by atoms with Crippen LogP contribution in [0, 0.1) is 16.7 Å². The van der Waals surface area contributed by atoms with Crippen LogP contribution in [0.5, 0.6) is 0 Å². The Hall–Kier alpha value is -1.41. The average Bonchev–Trinajstić information content (AvgIpc) is 2.92. The number of nitrogens with zero attached hydrogens (tertiary/aromatic N) is 2. The summed E-state index contributed by atoms with van der Waals surface area (Å²) in [5.74, 6) is -0.165. The highest BCUT2D eigenvalue weighted by atomic mass is 32.1. The third kappa shape index (κ3) is 3.77. The molecule has 19 heavy (non-hydrogen) atoms. The lowest BCUT2D eigenvalue weighted by atomic mass is 9.79. The van der Waals surface area contributed by atoms with Gasteiger partial charge in [0.1, 0.15) is 10.4 Å². The number of thiazole rings is 1. The van der Waals surface area contributed by atoms with Crippen molar-refractivity contribution in [3.63, 3.8) is 0 Å². The van der Waals surface area contributed by atoms with Gasteiger partial charge in [0.25, 0.3) is 0 Å². The molecule has 0 aliphatic rings. The summed E-state index contributed by atoms with van der Waals surface area (Å²) in [6.45, 7) is 5.90. The number of hydrogen-bond acceptors (Lipinski definition) is 4. The zero-order valence-electron chi connectivity index (χ0n) is 11.8. The number of carbonyl (C=O) groups is 1. The third-order valence-electron chi connectivity index (χ3n) is 3.17. The van der Waals surface area contributed by atoms with E-state index < -0.39 is 5.41 Å². The van der Waals surface area contributed by atoms with E-state index in [-0.39, 0.29) is 11.9 Å². The first-order chi connectivity index (χ1) is 9.09. The molecule has 0 aliphatic carbocycles. The highest BCUT2D eigenvalue weighted by Crippen LogP contribution is 2.30. The van der Waals surface area contributed by atoms with Crippen LogP contribution < -0.4 is 5.32 Å². The van der Waals surface area contributed by atoms with Crippen LogP contribution in [0.2, 0.25) is 0 Å². The van der Waals surface area contributed by atoms with Crippen molar-refractivity contribution in [2.24, 2.45) is 5.41 Å². The van der Waals surface area contributed by atoms with Gasteiger partial charge >= 0.3 is 0 Å². The Kier molecular flexibility index (Phi) is 5.97. The van der Waals surface area contributed by atoms with Crippen LogP contribution in [-0.4, -0.2) is 10.9 Å². The van der Waals surface area contributed by atoms with Gasteiger partial charge in [0, 0.05) is 11.6 Å². The van der Waals surface area contributed by atoms with Gasteiger partial charge in [0.2, 0.25) is 5.91 Å². The average molecular weight is 279 g/mol. The number of amides is 1. The second-order valence-electron chi connectivity index (χ2n) is 4.76. The fourth-order valence-electron chi connectivity index (χ4n) is 2.21. The van der Waals surface area contributed by atoms with Crippen LogP contribution >= 0.6 is 11.3 Å². The second-order valence-corrected chi connectivity index (χ2v) is 5.69. The monoisotopic (exact) mass is 279 g/mol. The molecule has 0 aliphatic heterocycles. The van der Waals surface area contributed by atoms with Gasteiger partial charge in [0.05, 0.1) is 12.1 Å². The number of aromatic nitrogens is 1. The first-order valence-corrected chi connectivity index (χ1v) is 7.59. The molecule has 5 heteroatoms. The number of nitriles is 1. The first kappa shape index (κ1) is 15.6. The van der Waals surface area contributed by atoms with Crippen LogP contribution in [0.15, 0.2) is 11.6 Å². The largest absolute Gasteiger partial charge is 0.346 e. The minimum atomic E-state index is -0.894. The van der Waals surface area contributed by atoms with E-state index >= 15 is 0 Å². The van der Waals surface area contributed by atoms with Gasteiger partial charge in [-0.2, -0.15) is 5.26 Å². The van der Waals surface area contributed by atoms with Crippen molar-refractivity contribution in [2.45, 2.75) is 52.5 Å². The van der Waals surface area contributed by atoms with Crippen molar-refractivity contribution >= 4 is 17.2 Å². The second kappa shape index (κ2) is 7.25. The zero-order valence-corrected chi connectivity index (χ0v) is 12.6. The van der Waals surface area contributed by atoms with Crippen molar-refractivity contribution in [1.82, 2.24) is 10.3 Å². The Bertz CT molecular complexity index is 430. The summed E-state index contributed by atoms with van der Waals surface area (Å²) in [4.78, 5) is 16.6. The van der Waals surface area contributed by atoms with Crippen molar-refractivity contribution < 1.29 is 4.79 Å². The molecule has 0 saturated carbocycles. The maximum absolute atomic E-state index is 12.4. The summed E-state index contributed by atoms with van der Waals surface area (Å²) in [5, 5.41) is 15.1. The highest BCUT2D eigenvalue weighted by Gasteiger charge is 2.37. The third-order valence-corrected chi connectivity index (χ3v) is 4.13. The van der Waals surface area contributed by atoms with Gasteiger partial charge in [-0.25, -0.2) is 4.98 Å². The number of carbonyl (C=O) groups excluding carboxylic acids is 1. The lowest BCUT2D eigenvalue weighted by Crippen LogP contribution is -2.41. The van der Waals surface area contributed by atoms with Crippen LogP contribution in [0.4, 0.5) is 0 Å². The van der Waals surface area contributed by atoms with Gasteiger partial charge in [0.15, 0.2) is 0 Å². The van der Waals surface area contributed by atoms with Crippen LogP contribution in [0.3, 0.4) is 0 Å². The Morgan fingerprint density at radius 3 is 2.58 bits per heavy atom. The zero-order chi connectivity index (χ0) is 14.3. The molecule has 1 heterocycles. The van der Waals surface area contributed by atoms with Crippen molar-refractivity contribution in [2.75, 3.05) is 0 Å². The summed E-state index contributed by atoms with van der Waals surface area (Å²) < 4.78 is 0. The molecule has 1 aromatic heterocycles. The summed E-state index contributed by atoms with van der Waals surface area (Å²) in [6.07, 6.45) is 4.58. The summed E-state index contributed by atoms with van der Waals surface area (Å²) >= 11 is 1.51. The van der Waals surface area contributed by atoms with Gasteiger partial charge in [-0.1, -0.05) is 26.7 Å². The van der Waals surface area contributed by atoms with E-state index in [2.05, 4.69) is 16.4 Å². The van der Waals surface area contributed by atoms with Crippen molar-refractivity contribution in [3.8, 4) is 6.07 Å². The van der Waals surface area contributed by atoms with E-state index in [9.17, 15) is 10.1 Å². The molecular formula is C14H21N3OS. The Labute approximate surface area is 118 Å². The summed E-state index contributed by atoms with van der Waals surface area (Å²) in [7, 11) is 0.